The van der Waals surface area contributed by atoms with Crippen LogP contribution >= 0.6 is 11.6 Å². The average molecular weight is 409 g/mol. The molecule has 0 bridgehead atoms. The van der Waals surface area contributed by atoms with Crippen molar-refractivity contribution < 1.29 is 28.7 Å². The summed E-state index contributed by atoms with van der Waals surface area (Å²) in [5.41, 5.74) is 1.35. The standard InChI is InChI=1S/C19H18ClFN2O5/c1-26-11-17(12-6-8-13(21)9-7-12)22-28-10-15-14(4-3-5-16(15)20)18(19(24)25)23-27-2/h3-9H,10-11H2,1-2H3,(H,24,25)/b22-17+,23-18+. The highest BCUT2D eigenvalue weighted by Gasteiger charge is 2.20. The zero-order valence-electron chi connectivity index (χ0n) is 15.2. The minimum atomic E-state index is -1.28. The van der Waals surface area contributed by atoms with Crippen molar-refractivity contribution in [2.75, 3.05) is 20.8 Å². The van der Waals surface area contributed by atoms with E-state index in [0.29, 0.717) is 16.8 Å². The molecule has 148 valence electrons. The number of carbonyl (C=O) groups is 1. The molecule has 0 aliphatic rings. The van der Waals surface area contributed by atoms with E-state index in [1.165, 1.54) is 32.4 Å². The maximum atomic E-state index is 13.1. The van der Waals surface area contributed by atoms with Gasteiger partial charge >= 0.3 is 5.97 Å². The number of carboxylic acids is 1. The number of ether oxygens (including phenoxy) is 1. The third kappa shape index (κ3) is 5.51. The van der Waals surface area contributed by atoms with Crippen LogP contribution in [0.1, 0.15) is 16.7 Å². The van der Waals surface area contributed by atoms with E-state index in [0.717, 1.165) is 0 Å². The van der Waals surface area contributed by atoms with E-state index in [4.69, 9.17) is 21.2 Å². The first-order valence-corrected chi connectivity index (χ1v) is 8.41. The van der Waals surface area contributed by atoms with Crippen molar-refractivity contribution in [3.63, 3.8) is 0 Å². The Bertz CT molecular complexity index is 884. The van der Waals surface area contributed by atoms with Gasteiger partial charge in [-0.25, -0.2) is 9.18 Å². The number of aliphatic carboxylic acids is 1. The van der Waals surface area contributed by atoms with Gasteiger partial charge in [-0.05, 0) is 18.2 Å². The molecule has 0 fully saturated rings. The highest BCUT2D eigenvalue weighted by Crippen LogP contribution is 2.22. The Morgan fingerprint density at radius 1 is 1.14 bits per heavy atom. The van der Waals surface area contributed by atoms with Crippen LogP contribution in [-0.4, -0.2) is 43.3 Å². The summed E-state index contributed by atoms with van der Waals surface area (Å²) in [5, 5.41) is 17.2. The molecule has 0 aliphatic carbocycles. The summed E-state index contributed by atoms with van der Waals surface area (Å²) >= 11 is 6.21. The monoisotopic (exact) mass is 408 g/mol. The van der Waals surface area contributed by atoms with Crippen molar-refractivity contribution in [1.29, 1.82) is 0 Å². The van der Waals surface area contributed by atoms with Crippen LogP contribution in [0.3, 0.4) is 0 Å². The maximum Gasteiger partial charge on any atom is 0.358 e. The van der Waals surface area contributed by atoms with Crippen LogP contribution in [0.25, 0.3) is 0 Å². The fourth-order valence-corrected chi connectivity index (χ4v) is 2.57. The van der Waals surface area contributed by atoms with Crippen LogP contribution in [0.5, 0.6) is 0 Å². The maximum absolute atomic E-state index is 13.1. The molecular weight excluding hydrogens is 391 g/mol. The number of oxime groups is 2. The second kappa shape index (κ2) is 10.4. The number of carboxylic acid groups (broad SMARTS) is 1. The summed E-state index contributed by atoms with van der Waals surface area (Å²) in [4.78, 5) is 21.5. The van der Waals surface area contributed by atoms with Crippen molar-refractivity contribution in [3.05, 3.63) is 70.0 Å². The molecule has 2 aromatic rings. The molecular formula is C19H18ClFN2O5. The second-order valence-electron chi connectivity index (χ2n) is 5.44. The van der Waals surface area contributed by atoms with Crippen molar-refractivity contribution >= 4 is 29.0 Å². The normalized spacial score (nSPS) is 12.0. The van der Waals surface area contributed by atoms with E-state index in [2.05, 4.69) is 15.1 Å². The smallest absolute Gasteiger partial charge is 0.358 e. The van der Waals surface area contributed by atoms with E-state index >= 15 is 0 Å². The Kier molecular flexibility index (Phi) is 7.91. The van der Waals surface area contributed by atoms with Crippen LogP contribution < -0.4 is 0 Å². The lowest BCUT2D eigenvalue weighted by Gasteiger charge is -2.11. The first-order valence-electron chi connectivity index (χ1n) is 8.03. The number of hydrogen-bond donors (Lipinski definition) is 1. The van der Waals surface area contributed by atoms with Crippen LogP contribution in [0, 0.1) is 5.82 Å². The van der Waals surface area contributed by atoms with Gasteiger partial charge in [0.1, 0.15) is 25.2 Å². The summed E-state index contributed by atoms with van der Waals surface area (Å²) < 4.78 is 18.2. The molecule has 0 aromatic heterocycles. The Morgan fingerprint density at radius 2 is 1.86 bits per heavy atom. The minimum Gasteiger partial charge on any atom is -0.476 e. The van der Waals surface area contributed by atoms with E-state index in [9.17, 15) is 14.3 Å². The van der Waals surface area contributed by atoms with Crippen LogP contribution in [0.4, 0.5) is 4.39 Å². The van der Waals surface area contributed by atoms with Gasteiger partial charge in [0.25, 0.3) is 0 Å². The third-order valence-corrected chi connectivity index (χ3v) is 3.96. The summed E-state index contributed by atoms with van der Waals surface area (Å²) in [7, 11) is 2.74. The van der Waals surface area contributed by atoms with E-state index < -0.39 is 5.97 Å². The molecule has 0 amide bonds. The molecule has 2 aromatic carbocycles. The lowest BCUT2D eigenvalue weighted by Crippen LogP contribution is -2.17. The van der Waals surface area contributed by atoms with Crippen LogP contribution in [0.2, 0.25) is 5.02 Å². The predicted molar refractivity (Wildman–Crippen MR) is 102 cm³/mol. The average Bonchev–Trinajstić information content (AvgIpc) is 2.67. The lowest BCUT2D eigenvalue weighted by atomic mass is 10.0. The summed E-state index contributed by atoms with van der Waals surface area (Å²) in [6.45, 7) is 0.00590. The van der Waals surface area contributed by atoms with Gasteiger partial charge in [0, 0.05) is 28.8 Å². The molecule has 28 heavy (non-hydrogen) atoms. The first kappa shape index (κ1) is 21.3. The van der Waals surface area contributed by atoms with Gasteiger partial charge in [-0.15, -0.1) is 0 Å². The fraction of sp³-hybridized carbons (Fsp3) is 0.211. The van der Waals surface area contributed by atoms with Gasteiger partial charge in [0.15, 0.2) is 5.71 Å². The Hall–Kier alpha value is -2.97. The Morgan fingerprint density at radius 3 is 2.46 bits per heavy atom. The second-order valence-corrected chi connectivity index (χ2v) is 5.85. The van der Waals surface area contributed by atoms with Crippen molar-refractivity contribution in [2.45, 2.75) is 6.61 Å². The molecule has 1 N–H and O–H groups in total. The summed E-state index contributed by atoms with van der Waals surface area (Å²) in [5.74, 6) is -1.65. The Labute approximate surface area is 166 Å². The number of hydrogen-bond acceptors (Lipinski definition) is 6. The summed E-state index contributed by atoms with van der Waals surface area (Å²) in [6.07, 6.45) is 0. The van der Waals surface area contributed by atoms with E-state index in [1.807, 2.05) is 0 Å². The topological polar surface area (TPSA) is 89.7 Å². The van der Waals surface area contributed by atoms with Crippen molar-refractivity contribution in [2.24, 2.45) is 10.3 Å². The predicted octanol–water partition coefficient (Wildman–Crippen LogP) is 3.48. The van der Waals surface area contributed by atoms with Crippen molar-refractivity contribution in [3.8, 4) is 0 Å². The number of methoxy groups -OCH3 is 1. The van der Waals surface area contributed by atoms with Gasteiger partial charge in [-0.3, -0.25) is 0 Å². The highest BCUT2D eigenvalue weighted by molar-refractivity contribution is 6.43. The number of rotatable bonds is 9. The molecule has 9 heteroatoms. The van der Waals surface area contributed by atoms with Gasteiger partial charge < -0.3 is 19.5 Å². The fourth-order valence-electron chi connectivity index (χ4n) is 2.34. The summed E-state index contributed by atoms with van der Waals surface area (Å²) in [6, 6.07) is 10.4. The molecule has 0 heterocycles. The van der Waals surface area contributed by atoms with Gasteiger partial charge in [0.2, 0.25) is 0 Å². The van der Waals surface area contributed by atoms with Crippen LogP contribution in [0.15, 0.2) is 52.8 Å². The number of halogens is 2. The minimum absolute atomic E-state index is 0.126. The Balaban J connectivity index is 2.30. The van der Waals surface area contributed by atoms with Gasteiger partial charge in [0.05, 0.1) is 6.61 Å². The quantitative estimate of drug-likeness (QED) is 0.506. The van der Waals surface area contributed by atoms with Crippen LogP contribution in [-0.2, 0) is 25.8 Å². The molecule has 2 rings (SSSR count). The van der Waals surface area contributed by atoms with Crippen molar-refractivity contribution in [1.82, 2.24) is 0 Å². The molecule has 0 saturated carbocycles. The molecule has 0 spiro atoms. The molecule has 0 aliphatic heterocycles. The molecule has 7 nitrogen and oxygen atoms in total. The molecule has 0 atom stereocenters. The number of benzene rings is 2. The molecule has 0 saturated heterocycles. The highest BCUT2D eigenvalue weighted by atomic mass is 35.5. The first-order chi connectivity index (χ1) is 13.5. The van der Waals surface area contributed by atoms with E-state index in [1.54, 1.807) is 24.3 Å². The zero-order valence-corrected chi connectivity index (χ0v) is 15.9. The SMILES string of the molecule is COC/C(=N\OCc1c(Cl)cccc1/C(=N\OC)C(=O)O)c1ccc(F)cc1. The largest absolute Gasteiger partial charge is 0.476 e. The molecule has 0 unspecified atom stereocenters. The van der Waals surface area contributed by atoms with Gasteiger partial charge in [-0.2, -0.15) is 0 Å². The zero-order chi connectivity index (χ0) is 20.5. The van der Waals surface area contributed by atoms with E-state index in [-0.39, 0.29) is 35.3 Å². The molecule has 0 radical (unpaired) electrons. The van der Waals surface area contributed by atoms with Gasteiger partial charge in [-0.1, -0.05) is 46.2 Å². The lowest BCUT2D eigenvalue weighted by molar-refractivity contribution is -0.129. The third-order valence-electron chi connectivity index (χ3n) is 3.60. The number of nitrogens with zero attached hydrogens (tertiary/aromatic N) is 2.